The van der Waals surface area contributed by atoms with Crippen molar-refractivity contribution in [3.05, 3.63) is 59.7 Å². The molecule has 0 N–H and O–H groups in total. The molecule has 30 heavy (non-hydrogen) atoms. The van der Waals surface area contributed by atoms with Gasteiger partial charge in [0.2, 0.25) is 5.91 Å². The lowest BCUT2D eigenvalue weighted by atomic mass is 9.77. The highest BCUT2D eigenvalue weighted by atomic mass is 19.1. The van der Waals surface area contributed by atoms with Gasteiger partial charge in [-0.3, -0.25) is 19.6 Å². The molecule has 1 aromatic carbocycles. The van der Waals surface area contributed by atoms with Gasteiger partial charge < -0.3 is 4.90 Å². The summed E-state index contributed by atoms with van der Waals surface area (Å²) in [6, 6.07) is 3.09. The molecule has 3 aliphatic rings. The first-order valence-corrected chi connectivity index (χ1v) is 10.1. The molecule has 2 amide bonds. The van der Waals surface area contributed by atoms with Gasteiger partial charge in [0.05, 0.1) is 17.7 Å². The fraction of sp³-hybridized carbons (Fsp3) is 0.429. The zero-order chi connectivity index (χ0) is 20.9. The zero-order valence-electron chi connectivity index (χ0n) is 16.3. The van der Waals surface area contributed by atoms with Crippen LogP contribution in [0.1, 0.15) is 41.4 Å². The maximum atomic E-state index is 13.7. The van der Waals surface area contributed by atoms with Gasteiger partial charge in [-0.05, 0) is 37.0 Å². The van der Waals surface area contributed by atoms with Crippen molar-refractivity contribution in [2.45, 2.75) is 25.3 Å². The molecule has 0 bridgehead atoms. The molecule has 3 fully saturated rings. The van der Waals surface area contributed by atoms with Gasteiger partial charge in [0.1, 0.15) is 17.3 Å². The summed E-state index contributed by atoms with van der Waals surface area (Å²) in [5.74, 6) is -1.47. The summed E-state index contributed by atoms with van der Waals surface area (Å²) in [5.41, 5.74) is 0.211. The largest absolute Gasteiger partial charge is 0.337 e. The Kier molecular flexibility index (Phi) is 4.50. The average molecular weight is 413 g/mol. The highest BCUT2D eigenvalue weighted by Gasteiger charge is 2.56. The van der Waals surface area contributed by atoms with E-state index in [0.717, 1.165) is 6.07 Å². The second-order valence-electron chi connectivity index (χ2n) is 8.21. The molecular weight excluding hydrogens is 392 g/mol. The minimum atomic E-state index is -0.638. The number of likely N-dealkylation sites (tertiary alicyclic amines) is 1. The molecule has 156 valence electrons. The number of benzene rings is 1. The van der Waals surface area contributed by atoms with Crippen LogP contribution >= 0.6 is 0 Å². The summed E-state index contributed by atoms with van der Waals surface area (Å²) < 4.78 is 27.5. The number of piperidine rings is 1. The maximum absolute atomic E-state index is 13.7. The monoisotopic (exact) mass is 413 g/mol. The van der Waals surface area contributed by atoms with E-state index in [-0.39, 0.29) is 17.9 Å². The molecule has 1 unspecified atom stereocenters. The van der Waals surface area contributed by atoms with Crippen LogP contribution in [0.5, 0.6) is 0 Å². The Bertz CT molecular complexity index is 974. The van der Waals surface area contributed by atoms with Crippen molar-refractivity contribution in [3.8, 4) is 0 Å². The summed E-state index contributed by atoms with van der Waals surface area (Å²) in [6.45, 7) is 2.16. The molecule has 0 aliphatic carbocycles. The van der Waals surface area contributed by atoms with E-state index in [1.165, 1.54) is 30.7 Å². The first kappa shape index (κ1) is 19.0. The number of hydrogen-bond donors (Lipinski definition) is 0. The van der Waals surface area contributed by atoms with E-state index in [4.69, 9.17) is 0 Å². The van der Waals surface area contributed by atoms with Crippen molar-refractivity contribution in [1.82, 2.24) is 24.9 Å². The first-order valence-electron chi connectivity index (χ1n) is 10.1. The molecule has 2 aromatic rings. The quantitative estimate of drug-likeness (QED) is 0.755. The number of rotatable bonds is 2. The van der Waals surface area contributed by atoms with Crippen molar-refractivity contribution in [3.63, 3.8) is 0 Å². The van der Waals surface area contributed by atoms with Gasteiger partial charge in [-0.2, -0.15) is 0 Å². The third-order valence-electron chi connectivity index (χ3n) is 6.47. The Labute approximate surface area is 172 Å². The summed E-state index contributed by atoms with van der Waals surface area (Å²) in [7, 11) is 0. The topological polar surface area (TPSA) is 69.6 Å². The molecule has 9 heteroatoms. The number of aromatic nitrogens is 2. The Morgan fingerprint density at radius 3 is 2.47 bits per heavy atom. The predicted molar refractivity (Wildman–Crippen MR) is 102 cm³/mol. The van der Waals surface area contributed by atoms with Gasteiger partial charge in [-0.1, -0.05) is 0 Å². The number of hydrazine groups is 1. The number of carbonyl (C=O) groups is 2. The number of fused-ring (bicyclic) bond motifs is 1. The smallest absolute Gasteiger partial charge is 0.274 e. The lowest BCUT2D eigenvalue weighted by Crippen LogP contribution is -2.48. The maximum Gasteiger partial charge on any atom is 0.274 e. The van der Waals surface area contributed by atoms with Crippen LogP contribution < -0.4 is 0 Å². The fourth-order valence-corrected chi connectivity index (χ4v) is 4.94. The van der Waals surface area contributed by atoms with E-state index in [0.29, 0.717) is 56.7 Å². The van der Waals surface area contributed by atoms with E-state index >= 15 is 0 Å². The molecule has 1 atom stereocenters. The standard InChI is InChI=1S/C21H21F2N5O2/c22-15-9-14(10-16(23)11-15)18-1-6-27-13-21(20(30)28(18)27)2-7-26(8-3-21)19(29)17-12-24-4-5-25-17/h4-5,9-12,18H,1-3,6-8,13H2. The van der Waals surface area contributed by atoms with Gasteiger partial charge >= 0.3 is 0 Å². The van der Waals surface area contributed by atoms with E-state index < -0.39 is 17.0 Å². The summed E-state index contributed by atoms with van der Waals surface area (Å²) in [5, 5.41) is 3.68. The van der Waals surface area contributed by atoms with Crippen LogP contribution in [0.15, 0.2) is 36.8 Å². The second kappa shape index (κ2) is 7.09. The van der Waals surface area contributed by atoms with Crippen LogP contribution in [0, 0.1) is 17.0 Å². The minimum Gasteiger partial charge on any atom is -0.337 e. The summed E-state index contributed by atoms with van der Waals surface area (Å²) in [4.78, 5) is 35.8. The van der Waals surface area contributed by atoms with E-state index in [2.05, 4.69) is 9.97 Å². The Hall–Kier alpha value is -2.94. The van der Waals surface area contributed by atoms with Crippen molar-refractivity contribution in [1.29, 1.82) is 0 Å². The number of nitrogens with zero attached hydrogens (tertiary/aromatic N) is 5. The molecule has 0 saturated carbocycles. The highest BCUT2D eigenvalue weighted by Crippen LogP contribution is 2.47. The minimum absolute atomic E-state index is 0.0127. The number of amides is 2. The zero-order valence-corrected chi connectivity index (χ0v) is 16.3. The van der Waals surface area contributed by atoms with Crippen LogP contribution in [0.3, 0.4) is 0 Å². The molecule has 7 nitrogen and oxygen atoms in total. The highest BCUT2D eigenvalue weighted by molar-refractivity contribution is 5.92. The van der Waals surface area contributed by atoms with Crippen LogP contribution in [0.2, 0.25) is 0 Å². The molecule has 4 heterocycles. The van der Waals surface area contributed by atoms with Gasteiger partial charge in [-0.25, -0.2) is 18.8 Å². The molecule has 3 saturated heterocycles. The predicted octanol–water partition coefficient (Wildman–Crippen LogP) is 2.18. The van der Waals surface area contributed by atoms with Crippen LogP contribution in [-0.2, 0) is 4.79 Å². The number of carbonyl (C=O) groups excluding carboxylic acids is 2. The van der Waals surface area contributed by atoms with Gasteiger partial charge in [-0.15, -0.1) is 0 Å². The van der Waals surface area contributed by atoms with E-state index in [1.54, 1.807) is 9.91 Å². The fourth-order valence-electron chi connectivity index (χ4n) is 4.94. The van der Waals surface area contributed by atoms with E-state index in [9.17, 15) is 18.4 Å². The lowest BCUT2D eigenvalue weighted by Gasteiger charge is -2.37. The average Bonchev–Trinajstić information content (AvgIpc) is 3.26. The Balaban J connectivity index is 1.32. The SMILES string of the molecule is O=C(c1cnccn1)N1CCC2(CC1)CN1CCC(c3cc(F)cc(F)c3)N1C2=O. The van der Waals surface area contributed by atoms with Gasteiger partial charge in [0.15, 0.2) is 0 Å². The Morgan fingerprint density at radius 2 is 1.80 bits per heavy atom. The number of hydrogen-bond acceptors (Lipinski definition) is 5. The molecule has 0 radical (unpaired) electrons. The molecule has 1 spiro atoms. The summed E-state index contributed by atoms with van der Waals surface area (Å²) >= 11 is 0. The van der Waals surface area contributed by atoms with Crippen molar-refractivity contribution in [2.75, 3.05) is 26.2 Å². The molecular formula is C21H21F2N5O2. The normalized spacial score (nSPS) is 23.3. The van der Waals surface area contributed by atoms with Crippen LogP contribution in [0.4, 0.5) is 8.78 Å². The number of halogens is 2. The van der Waals surface area contributed by atoms with Crippen LogP contribution in [0.25, 0.3) is 0 Å². The lowest BCUT2D eigenvalue weighted by molar-refractivity contribution is -0.144. The molecule has 5 rings (SSSR count). The van der Waals surface area contributed by atoms with E-state index in [1.807, 2.05) is 5.01 Å². The third-order valence-corrected chi connectivity index (χ3v) is 6.47. The van der Waals surface area contributed by atoms with Gasteiger partial charge in [0, 0.05) is 44.6 Å². The van der Waals surface area contributed by atoms with Crippen LogP contribution in [-0.4, -0.2) is 62.9 Å². The molecule has 1 aromatic heterocycles. The summed E-state index contributed by atoms with van der Waals surface area (Å²) in [6.07, 6.45) is 6.18. The molecule has 3 aliphatic heterocycles. The first-order chi connectivity index (χ1) is 14.5. The van der Waals surface area contributed by atoms with Gasteiger partial charge in [0.25, 0.3) is 5.91 Å². The Morgan fingerprint density at radius 1 is 1.07 bits per heavy atom. The van der Waals surface area contributed by atoms with Crippen molar-refractivity contribution in [2.24, 2.45) is 5.41 Å². The van der Waals surface area contributed by atoms with Crippen molar-refractivity contribution < 1.29 is 18.4 Å². The van der Waals surface area contributed by atoms with Crippen molar-refractivity contribution >= 4 is 11.8 Å². The third kappa shape index (κ3) is 3.04. The second-order valence-corrected chi connectivity index (χ2v) is 8.21.